The normalized spacial score (nSPS) is 15.6. The Balaban J connectivity index is 1.40. The van der Waals surface area contributed by atoms with Crippen LogP contribution in [-0.4, -0.2) is 33.3 Å². The van der Waals surface area contributed by atoms with E-state index >= 15 is 0 Å². The van der Waals surface area contributed by atoms with Gasteiger partial charge in [0, 0.05) is 25.5 Å². The van der Waals surface area contributed by atoms with E-state index in [0.717, 1.165) is 32.4 Å². The summed E-state index contributed by atoms with van der Waals surface area (Å²) in [7, 11) is 0. The van der Waals surface area contributed by atoms with E-state index < -0.39 is 0 Å². The van der Waals surface area contributed by atoms with Crippen LogP contribution in [0, 0.1) is 11.7 Å². The molecule has 0 aliphatic carbocycles. The van der Waals surface area contributed by atoms with Crippen molar-refractivity contribution in [3.63, 3.8) is 0 Å². The maximum Gasteiger partial charge on any atom is 0.274 e. The zero-order chi connectivity index (χ0) is 17.2. The van der Waals surface area contributed by atoms with E-state index in [0.29, 0.717) is 17.3 Å². The molecule has 1 saturated heterocycles. The number of rotatable bonds is 3. The highest BCUT2D eigenvalue weighted by Gasteiger charge is 2.25. The van der Waals surface area contributed by atoms with Gasteiger partial charge in [-0.15, -0.1) is 0 Å². The van der Waals surface area contributed by atoms with Gasteiger partial charge in [-0.25, -0.2) is 9.37 Å². The summed E-state index contributed by atoms with van der Waals surface area (Å²) in [6.07, 6.45) is 6.02. The maximum atomic E-state index is 13.3. The number of pyridine rings is 1. The number of hydrogen-bond acceptors (Lipinski definition) is 2. The van der Waals surface area contributed by atoms with Gasteiger partial charge in [-0.2, -0.15) is 0 Å². The summed E-state index contributed by atoms with van der Waals surface area (Å²) in [4.78, 5) is 18.9. The molecule has 128 valence electrons. The number of piperidine rings is 1. The maximum absolute atomic E-state index is 13.3. The van der Waals surface area contributed by atoms with Crippen LogP contribution in [0.3, 0.4) is 0 Å². The summed E-state index contributed by atoms with van der Waals surface area (Å²) in [5, 5.41) is 0. The molecule has 1 aliphatic rings. The highest BCUT2D eigenvalue weighted by atomic mass is 19.1. The zero-order valence-corrected chi connectivity index (χ0v) is 13.9. The molecular formula is C20H20FN3O. The van der Waals surface area contributed by atoms with Crippen molar-refractivity contribution in [1.82, 2.24) is 14.3 Å². The van der Waals surface area contributed by atoms with Crippen LogP contribution in [0.4, 0.5) is 4.39 Å². The number of carbonyl (C=O) groups is 1. The van der Waals surface area contributed by atoms with Crippen LogP contribution < -0.4 is 0 Å². The third kappa shape index (κ3) is 3.40. The second-order valence-electron chi connectivity index (χ2n) is 6.66. The first-order valence-corrected chi connectivity index (χ1v) is 8.66. The van der Waals surface area contributed by atoms with Gasteiger partial charge in [-0.3, -0.25) is 4.79 Å². The molecule has 1 amide bonds. The molecule has 0 saturated carbocycles. The minimum atomic E-state index is -0.342. The van der Waals surface area contributed by atoms with Crippen LogP contribution in [0.5, 0.6) is 0 Å². The van der Waals surface area contributed by atoms with Crippen molar-refractivity contribution >= 4 is 11.6 Å². The van der Waals surface area contributed by atoms with Crippen LogP contribution in [0.1, 0.15) is 28.9 Å². The molecule has 1 fully saturated rings. The first-order valence-electron chi connectivity index (χ1n) is 8.66. The number of amides is 1. The third-order valence-corrected chi connectivity index (χ3v) is 4.90. The van der Waals surface area contributed by atoms with Crippen molar-refractivity contribution in [3.8, 4) is 0 Å². The summed E-state index contributed by atoms with van der Waals surface area (Å²) in [6, 6.07) is 13.4. The van der Waals surface area contributed by atoms with Crippen LogP contribution in [-0.2, 0) is 6.42 Å². The van der Waals surface area contributed by atoms with Gasteiger partial charge < -0.3 is 9.30 Å². The number of imidazole rings is 1. The van der Waals surface area contributed by atoms with Gasteiger partial charge in [0.05, 0.1) is 0 Å². The summed E-state index contributed by atoms with van der Waals surface area (Å²) >= 11 is 0. The van der Waals surface area contributed by atoms with Gasteiger partial charge >= 0.3 is 0 Å². The summed E-state index contributed by atoms with van der Waals surface area (Å²) < 4.78 is 14.8. The molecule has 4 rings (SSSR count). The summed E-state index contributed by atoms with van der Waals surface area (Å²) in [5.41, 5.74) is 2.32. The molecule has 0 radical (unpaired) electrons. The fourth-order valence-electron chi connectivity index (χ4n) is 3.52. The lowest BCUT2D eigenvalue weighted by atomic mass is 9.90. The van der Waals surface area contributed by atoms with E-state index in [1.807, 2.05) is 11.0 Å². The number of carbonyl (C=O) groups excluding carboxylic acids is 1. The Hall–Kier alpha value is -2.69. The fourth-order valence-corrected chi connectivity index (χ4v) is 3.52. The second-order valence-corrected chi connectivity index (χ2v) is 6.66. The van der Waals surface area contributed by atoms with Gasteiger partial charge in [0.15, 0.2) is 0 Å². The number of nitrogens with zero attached hydrogens (tertiary/aromatic N) is 3. The van der Waals surface area contributed by atoms with E-state index in [-0.39, 0.29) is 11.7 Å². The Morgan fingerprint density at radius 1 is 1.08 bits per heavy atom. The molecule has 3 heterocycles. The number of benzene rings is 1. The van der Waals surface area contributed by atoms with Gasteiger partial charge in [0.25, 0.3) is 5.91 Å². The molecule has 0 atom stereocenters. The molecule has 1 aliphatic heterocycles. The Morgan fingerprint density at radius 2 is 1.84 bits per heavy atom. The Kier molecular flexibility index (Phi) is 4.22. The largest absolute Gasteiger partial charge is 0.337 e. The first-order chi connectivity index (χ1) is 12.2. The van der Waals surface area contributed by atoms with Crippen molar-refractivity contribution in [1.29, 1.82) is 0 Å². The molecule has 4 nitrogen and oxygen atoms in total. The zero-order valence-electron chi connectivity index (χ0n) is 13.9. The van der Waals surface area contributed by atoms with Crippen LogP contribution >= 0.6 is 0 Å². The van der Waals surface area contributed by atoms with Crippen molar-refractivity contribution in [2.75, 3.05) is 13.1 Å². The average Bonchev–Trinajstić information content (AvgIpc) is 3.06. The van der Waals surface area contributed by atoms with Crippen molar-refractivity contribution in [2.24, 2.45) is 5.92 Å². The minimum Gasteiger partial charge on any atom is -0.337 e. The lowest BCUT2D eigenvalue weighted by Crippen LogP contribution is -2.39. The highest BCUT2D eigenvalue weighted by Crippen LogP contribution is 2.23. The van der Waals surface area contributed by atoms with Crippen molar-refractivity contribution in [2.45, 2.75) is 19.3 Å². The van der Waals surface area contributed by atoms with Crippen LogP contribution in [0.2, 0.25) is 0 Å². The smallest absolute Gasteiger partial charge is 0.274 e. The molecule has 5 heteroatoms. The van der Waals surface area contributed by atoms with Gasteiger partial charge in [0.2, 0.25) is 0 Å². The molecule has 1 aromatic carbocycles. The Bertz CT molecular complexity index is 882. The van der Waals surface area contributed by atoms with Gasteiger partial charge in [-0.05, 0) is 42.9 Å². The fraction of sp³-hybridized carbons (Fsp3) is 0.300. The van der Waals surface area contributed by atoms with E-state index in [1.165, 1.54) is 17.8 Å². The van der Waals surface area contributed by atoms with Gasteiger partial charge in [-0.1, -0.05) is 30.3 Å². The summed E-state index contributed by atoms with van der Waals surface area (Å²) in [6.45, 7) is 1.50. The van der Waals surface area contributed by atoms with E-state index in [2.05, 4.69) is 29.2 Å². The van der Waals surface area contributed by atoms with E-state index in [9.17, 15) is 9.18 Å². The second kappa shape index (κ2) is 6.67. The topological polar surface area (TPSA) is 37.6 Å². The number of halogens is 1. The minimum absolute atomic E-state index is 0.0673. The Labute approximate surface area is 145 Å². The molecular weight excluding hydrogens is 317 g/mol. The SMILES string of the molecule is O=C(c1cn2cc(F)ccc2n1)N1CCC(Cc2ccccc2)CC1. The predicted molar refractivity (Wildman–Crippen MR) is 93.9 cm³/mol. The average molecular weight is 337 g/mol. The first kappa shape index (κ1) is 15.8. The lowest BCUT2D eigenvalue weighted by molar-refractivity contribution is 0.0685. The molecule has 0 N–H and O–H groups in total. The van der Waals surface area contributed by atoms with Crippen LogP contribution in [0.25, 0.3) is 5.65 Å². The molecule has 0 unspecified atom stereocenters. The predicted octanol–water partition coefficient (Wildman–Crippen LogP) is 3.57. The Morgan fingerprint density at radius 3 is 2.60 bits per heavy atom. The summed E-state index contributed by atoms with van der Waals surface area (Å²) in [5.74, 6) is 0.203. The van der Waals surface area contributed by atoms with Crippen LogP contribution in [0.15, 0.2) is 54.9 Å². The molecule has 2 aromatic heterocycles. The molecule has 0 spiro atoms. The van der Waals surface area contributed by atoms with E-state index in [1.54, 1.807) is 16.7 Å². The quantitative estimate of drug-likeness (QED) is 0.733. The van der Waals surface area contributed by atoms with Crippen molar-refractivity contribution in [3.05, 3.63) is 71.9 Å². The molecule has 25 heavy (non-hydrogen) atoms. The molecule has 3 aromatic rings. The van der Waals surface area contributed by atoms with Crippen molar-refractivity contribution < 1.29 is 9.18 Å². The molecule has 0 bridgehead atoms. The number of fused-ring (bicyclic) bond motifs is 1. The third-order valence-electron chi connectivity index (χ3n) is 4.90. The standard InChI is InChI=1S/C20H20FN3O/c21-17-6-7-19-22-18(14-24(19)13-17)20(25)23-10-8-16(9-11-23)12-15-4-2-1-3-5-15/h1-7,13-14,16H,8-12H2. The lowest BCUT2D eigenvalue weighted by Gasteiger charge is -2.31. The highest BCUT2D eigenvalue weighted by molar-refractivity contribution is 5.93. The number of hydrogen-bond donors (Lipinski definition) is 0. The number of likely N-dealkylation sites (tertiary alicyclic amines) is 1. The number of aromatic nitrogens is 2. The van der Waals surface area contributed by atoms with E-state index in [4.69, 9.17) is 0 Å². The van der Waals surface area contributed by atoms with Gasteiger partial charge in [0.1, 0.15) is 17.2 Å². The monoisotopic (exact) mass is 337 g/mol.